The lowest BCUT2D eigenvalue weighted by molar-refractivity contribution is -0.137. The van der Waals surface area contributed by atoms with E-state index < -0.39 is 27.0 Å². The Balaban J connectivity index is 1.70. The average Bonchev–Trinajstić information content (AvgIpc) is 3.45. The smallest absolute Gasteiger partial charge is 0.368 e. The van der Waals surface area contributed by atoms with Gasteiger partial charge in [0.1, 0.15) is 5.82 Å². The summed E-state index contributed by atoms with van der Waals surface area (Å²) in [5.74, 6) is 0.224. The Morgan fingerprint density at radius 1 is 0.892 bits per heavy atom. The van der Waals surface area contributed by atoms with Gasteiger partial charge in [-0.25, -0.2) is 22.4 Å². The first-order chi connectivity index (χ1) is 17.5. The summed E-state index contributed by atoms with van der Waals surface area (Å²) < 4.78 is 66.2. The van der Waals surface area contributed by atoms with E-state index in [9.17, 15) is 21.6 Å². The van der Waals surface area contributed by atoms with Gasteiger partial charge in [-0.05, 0) is 38.1 Å². The molecule has 2 heterocycles. The highest BCUT2D eigenvalue weighted by Gasteiger charge is 2.30. The number of nitrogen functional groups attached to an aromatic ring is 1. The normalized spacial score (nSPS) is 12.5. The molecule has 0 bridgehead atoms. The SMILES string of the molecule is CC(C)S(=O)(=O)n1c(N)nc2ccc(-c3nc(-c4ccc(C(F)(F)F)cc4)[nH]c3-c3ccccc3)cc21. The van der Waals surface area contributed by atoms with Crippen LogP contribution in [0.4, 0.5) is 19.1 Å². The minimum absolute atomic E-state index is 0.142. The lowest BCUT2D eigenvalue weighted by atomic mass is 10.0. The molecule has 0 radical (unpaired) electrons. The number of nitrogens with two attached hydrogens (primary N) is 1. The maximum atomic E-state index is 13.0. The van der Waals surface area contributed by atoms with E-state index in [0.717, 1.165) is 21.7 Å². The lowest BCUT2D eigenvalue weighted by Gasteiger charge is -2.11. The van der Waals surface area contributed by atoms with Gasteiger partial charge in [0.25, 0.3) is 0 Å². The van der Waals surface area contributed by atoms with Crippen LogP contribution in [0.3, 0.4) is 0 Å². The van der Waals surface area contributed by atoms with Crippen molar-refractivity contribution in [3.8, 4) is 33.9 Å². The molecule has 0 aliphatic rings. The summed E-state index contributed by atoms with van der Waals surface area (Å²) in [6.07, 6.45) is -4.45. The van der Waals surface area contributed by atoms with Gasteiger partial charge in [0.15, 0.2) is 0 Å². The predicted octanol–water partition coefficient (Wildman–Crippen LogP) is 5.95. The highest BCUT2D eigenvalue weighted by molar-refractivity contribution is 7.90. The van der Waals surface area contributed by atoms with Gasteiger partial charge >= 0.3 is 6.18 Å². The number of hydrogen-bond acceptors (Lipinski definition) is 5. The van der Waals surface area contributed by atoms with Crippen LogP contribution in [0.2, 0.25) is 0 Å². The van der Waals surface area contributed by atoms with Crippen molar-refractivity contribution in [1.29, 1.82) is 0 Å². The third-order valence-electron chi connectivity index (χ3n) is 6.01. The van der Waals surface area contributed by atoms with Gasteiger partial charge < -0.3 is 10.7 Å². The second-order valence-electron chi connectivity index (χ2n) is 8.78. The van der Waals surface area contributed by atoms with Crippen LogP contribution in [0.15, 0.2) is 72.8 Å². The highest BCUT2D eigenvalue weighted by atomic mass is 32.2. The van der Waals surface area contributed by atoms with E-state index in [1.165, 1.54) is 12.1 Å². The summed E-state index contributed by atoms with van der Waals surface area (Å²) in [5, 5.41) is -0.729. The van der Waals surface area contributed by atoms with Crippen molar-refractivity contribution in [3.05, 3.63) is 78.4 Å². The molecule has 5 rings (SSSR count). The summed E-state index contributed by atoms with van der Waals surface area (Å²) in [6, 6.07) is 19.1. The first kappa shape index (κ1) is 24.6. The summed E-state index contributed by atoms with van der Waals surface area (Å²) >= 11 is 0. The van der Waals surface area contributed by atoms with E-state index in [-0.39, 0.29) is 5.95 Å². The number of fused-ring (bicyclic) bond motifs is 1. The van der Waals surface area contributed by atoms with Crippen LogP contribution in [-0.2, 0) is 16.2 Å². The fourth-order valence-electron chi connectivity index (χ4n) is 4.05. The van der Waals surface area contributed by atoms with E-state index in [1.54, 1.807) is 32.0 Å². The molecule has 2 aromatic heterocycles. The zero-order chi connectivity index (χ0) is 26.5. The molecule has 0 amide bonds. The summed E-state index contributed by atoms with van der Waals surface area (Å²) in [7, 11) is -3.80. The first-order valence-electron chi connectivity index (χ1n) is 11.3. The number of aromatic amines is 1. The van der Waals surface area contributed by atoms with Gasteiger partial charge in [-0.15, -0.1) is 0 Å². The molecule has 37 heavy (non-hydrogen) atoms. The molecule has 0 aliphatic carbocycles. The van der Waals surface area contributed by atoms with E-state index in [0.29, 0.717) is 39.4 Å². The molecule has 0 fully saturated rings. The van der Waals surface area contributed by atoms with Crippen LogP contribution in [0, 0.1) is 0 Å². The molecular formula is C26H22F3N5O2S. The molecule has 3 N–H and O–H groups in total. The quantitative estimate of drug-likeness (QED) is 0.295. The highest BCUT2D eigenvalue weighted by Crippen LogP contribution is 2.36. The molecule has 7 nitrogen and oxygen atoms in total. The minimum Gasteiger partial charge on any atom is -0.368 e. The minimum atomic E-state index is -4.45. The number of alkyl halides is 3. The fourth-order valence-corrected chi connectivity index (χ4v) is 5.19. The van der Waals surface area contributed by atoms with Crippen LogP contribution >= 0.6 is 0 Å². The summed E-state index contributed by atoms with van der Waals surface area (Å²) in [6.45, 7) is 3.12. The molecule has 11 heteroatoms. The van der Waals surface area contributed by atoms with E-state index in [4.69, 9.17) is 10.7 Å². The maximum Gasteiger partial charge on any atom is 0.416 e. The Morgan fingerprint density at radius 3 is 2.16 bits per heavy atom. The third kappa shape index (κ3) is 4.35. The number of hydrogen-bond donors (Lipinski definition) is 2. The number of nitrogens with zero attached hydrogens (tertiary/aromatic N) is 3. The topological polar surface area (TPSA) is 107 Å². The Bertz CT molecular complexity index is 1710. The fraction of sp³-hybridized carbons (Fsp3) is 0.154. The molecule has 0 unspecified atom stereocenters. The standard InChI is InChI=1S/C26H22F3N5O2S/c1-15(2)37(35,36)34-21-14-18(10-13-20(21)31-25(34)30)23-22(16-6-4-3-5-7-16)32-24(33-23)17-8-11-19(12-9-17)26(27,28)29/h3-15H,1-2H3,(H2,30,31)(H,32,33). The molecule has 190 valence electrons. The average molecular weight is 526 g/mol. The van der Waals surface area contributed by atoms with Gasteiger partial charge in [-0.3, -0.25) is 0 Å². The lowest BCUT2D eigenvalue weighted by Crippen LogP contribution is -2.23. The Hall–Kier alpha value is -4.12. The van der Waals surface area contributed by atoms with Crippen LogP contribution in [-0.4, -0.2) is 32.6 Å². The molecule has 0 aliphatic heterocycles. The van der Waals surface area contributed by atoms with Crippen molar-refractivity contribution in [2.24, 2.45) is 0 Å². The molecule has 5 aromatic rings. The van der Waals surface area contributed by atoms with Crippen LogP contribution in [0.1, 0.15) is 19.4 Å². The van der Waals surface area contributed by atoms with Gasteiger partial charge in [-0.1, -0.05) is 48.5 Å². The second-order valence-corrected chi connectivity index (χ2v) is 11.1. The third-order valence-corrected chi connectivity index (χ3v) is 8.10. The number of nitrogens with one attached hydrogen (secondary N) is 1. The van der Waals surface area contributed by atoms with Crippen molar-refractivity contribution in [2.45, 2.75) is 25.3 Å². The Morgan fingerprint density at radius 2 is 1.54 bits per heavy atom. The number of H-pyrrole nitrogens is 1. The van der Waals surface area contributed by atoms with Crippen molar-refractivity contribution in [2.75, 3.05) is 5.73 Å². The van der Waals surface area contributed by atoms with Gasteiger partial charge in [0.2, 0.25) is 16.0 Å². The molecular weight excluding hydrogens is 503 g/mol. The Kier molecular flexibility index (Phi) is 5.82. The summed E-state index contributed by atoms with van der Waals surface area (Å²) in [4.78, 5) is 12.1. The van der Waals surface area contributed by atoms with Crippen LogP contribution < -0.4 is 5.73 Å². The largest absolute Gasteiger partial charge is 0.416 e. The Labute approximate surface area is 210 Å². The van der Waals surface area contributed by atoms with Crippen molar-refractivity contribution in [1.82, 2.24) is 18.9 Å². The maximum absolute atomic E-state index is 13.0. The number of anilines is 1. The number of halogens is 3. The van der Waals surface area contributed by atoms with Gasteiger partial charge in [-0.2, -0.15) is 13.2 Å². The van der Waals surface area contributed by atoms with Crippen molar-refractivity contribution >= 4 is 27.0 Å². The van der Waals surface area contributed by atoms with Crippen LogP contribution in [0.25, 0.3) is 44.9 Å². The zero-order valence-electron chi connectivity index (χ0n) is 19.8. The zero-order valence-corrected chi connectivity index (χ0v) is 20.6. The van der Waals surface area contributed by atoms with Gasteiger partial charge in [0, 0.05) is 16.7 Å². The predicted molar refractivity (Wildman–Crippen MR) is 137 cm³/mol. The van der Waals surface area contributed by atoms with E-state index >= 15 is 0 Å². The number of aromatic nitrogens is 4. The van der Waals surface area contributed by atoms with Crippen molar-refractivity contribution in [3.63, 3.8) is 0 Å². The van der Waals surface area contributed by atoms with Gasteiger partial charge in [0.05, 0.1) is 33.2 Å². The molecule has 0 atom stereocenters. The number of imidazole rings is 2. The number of benzene rings is 3. The van der Waals surface area contributed by atoms with Crippen LogP contribution in [0.5, 0.6) is 0 Å². The molecule has 0 saturated carbocycles. The van der Waals surface area contributed by atoms with E-state index in [2.05, 4.69) is 9.97 Å². The monoisotopic (exact) mass is 525 g/mol. The van der Waals surface area contributed by atoms with Crippen molar-refractivity contribution < 1.29 is 21.6 Å². The summed E-state index contributed by atoms with van der Waals surface area (Å²) in [5.41, 5.74) is 8.91. The second kappa shape index (κ2) is 8.77. The van der Waals surface area contributed by atoms with E-state index in [1.807, 2.05) is 30.3 Å². The first-order valence-corrected chi connectivity index (χ1v) is 12.8. The molecule has 3 aromatic carbocycles. The molecule has 0 spiro atoms. The molecule has 0 saturated heterocycles. The number of rotatable bonds is 5.